The van der Waals surface area contributed by atoms with Gasteiger partial charge in [-0.25, -0.2) is 0 Å². The molecule has 1 unspecified atom stereocenters. The monoisotopic (exact) mass is 267 g/mol. The molecule has 0 aliphatic heterocycles. The molecule has 0 aliphatic rings. The van der Waals surface area contributed by atoms with Crippen LogP contribution in [0.4, 0.5) is 0 Å². The lowest BCUT2D eigenvalue weighted by Gasteiger charge is -2.17. The molecule has 0 saturated heterocycles. The van der Waals surface area contributed by atoms with Gasteiger partial charge in [-0.1, -0.05) is 19.1 Å². The number of hydrogen-bond acceptors (Lipinski definition) is 4. The Morgan fingerprint density at radius 1 is 1.11 bits per heavy atom. The van der Waals surface area contributed by atoms with Crippen LogP contribution in [0.2, 0.25) is 0 Å². The van der Waals surface area contributed by atoms with Gasteiger partial charge in [-0.3, -0.25) is 0 Å². The van der Waals surface area contributed by atoms with E-state index in [9.17, 15) is 0 Å². The van der Waals surface area contributed by atoms with Crippen LogP contribution in [0.3, 0.4) is 0 Å². The van der Waals surface area contributed by atoms with Crippen LogP contribution in [-0.4, -0.2) is 26.0 Å². The number of hydrogen-bond donors (Lipinski definition) is 1. The summed E-state index contributed by atoms with van der Waals surface area (Å²) in [5.74, 6) is 1.50. The summed E-state index contributed by atoms with van der Waals surface area (Å²) in [6.45, 7) is 7.43. The topological polar surface area (TPSA) is 53.7 Å². The Morgan fingerprint density at radius 3 is 2.53 bits per heavy atom. The molecule has 0 saturated carbocycles. The molecule has 108 valence electrons. The maximum atomic E-state index is 6.03. The third-order valence-corrected chi connectivity index (χ3v) is 2.86. The van der Waals surface area contributed by atoms with Crippen molar-refractivity contribution in [3.05, 3.63) is 23.8 Å². The molecule has 1 aromatic rings. The fourth-order valence-electron chi connectivity index (χ4n) is 1.77. The highest BCUT2D eigenvalue weighted by Crippen LogP contribution is 2.32. The lowest BCUT2D eigenvalue weighted by atomic mass is 10.0. The molecule has 0 amide bonds. The van der Waals surface area contributed by atoms with E-state index in [1.807, 2.05) is 32.0 Å². The van der Waals surface area contributed by atoms with Gasteiger partial charge in [-0.15, -0.1) is 0 Å². The van der Waals surface area contributed by atoms with Crippen LogP contribution in [0.25, 0.3) is 0 Å². The third kappa shape index (κ3) is 5.09. The van der Waals surface area contributed by atoms with E-state index in [2.05, 4.69) is 6.92 Å². The summed E-state index contributed by atoms with van der Waals surface area (Å²) in [6, 6.07) is 6.03. The Hall–Kier alpha value is -1.26. The van der Waals surface area contributed by atoms with Crippen molar-refractivity contribution in [1.29, 1.82) is 0 Å². The molecule has 1 rings (SSSR count). The number of benzene rings is 1. The van der Waals surface area contributed by atoms with E-state index in [1.54, 1.807) is 0 Å². The highest BCUT2D eigenvalue weighted by atomic mass is 16.7. The van der Waals surface area contributed by atoms with Gasteiger partial charge in [-0.2, -0.15) is 0 Å². The van der Waals surface area contributed by atoms with Crippen molar-refractivity contribution in [2.45, 2.75) is 39.7 Å². The minimum atomic E-state index is 0.131. The van der Waals surface area contributed by atoms with Crippen LogP contribution in [-0.2, 0) is 11.2 Å². The SMILES string of the molecule is CCOCOc1c(CC(N)CC)cccc1OCC. The molecular weight excluding hydrogens is 242 g/mol. The smallest absolute Gasteiger partial charge is 0.189 e. The highest BCUT2D eigenvalue weighted by molar-refractivity contribution is 5.47. The summed E-state index contributed by atoms with van der Waals surface area (Å²) in [6.07, 6.45) is 1.71. The fraction of sp³-hybridized carbons (Fsp3) is 0.600. The van der Waals surface area contributed by atoms with E-state index in [1.165, 1.54) is 0 Å². The molecule has 2 N–H and O–H groups in total. The second-order valence-electron chi connectivity index (χ2n) is 4.30. The second-order valence-corrected chi connectivity index (χ2v) is 4.30. The highest BCUT2D eigenvalue weighted by Gasteiger charge is 2.13. The minimum absolute atomic E-state index is 0.131. The first kappa shape index (κ1) is 15.8. The van der Waals surface area contributed by atoms with Gasteiger partial charge >= 0.3 is 0 Å². The normalized spacial score (nSPS) is 12.2. The van der Waals surface area contributed by atoms with E-state index in [0.29, 0.717) is 13.2 Å². The van der Waals surface area contributed by atoms with E-state index in [-0.39, 0.29) is 12.8 Å². The van der Waals surface area contributed by atoms with Gasteiger partial charge in [0.25, 0.3) is 0 Å². The Kier molecular flexibility index (Phi) is 7.30. The van der Waals surface area contributed by atoms with Gasteiger partial charge in [-0.05, 0) is 38.3 Å². The van der Waals surface area contributed by atoms with Gasteiger partial charge < -0.3 is 19.9 Å². The van der Waals surface area contributed by atoms with E-state index in [0.717, 1.165) is 29.9 Å². The summed E-state index contributed by atoms with van der Waals surface area (Å²) in [5.41, 5.74) is 7.09. The van der Waals surface area contributed by atoms with E-state index < -0.39 is 0 Å². The second kappa shape index (κ2) is 8.77. The lowest BCUT2D eigenvalue weighted by molar-refractivity contribution is 0.0199. The van der Waals surface area contributed by atoms with Crippen LogP contribution in [0.15, 0.2) is 18.2 Å². The molecule has 0 radical (unpaired) electrons. The third-order valence-electron chi connectivity index (χ3n) is 2.86. The van der Waals surface area contributed by atoms with Gasteiger partial charge in [0.05, 0.1) is 6.61 Å². The van der Waals surface area contributed by atoms with Gasteiger partial charge in [0.1, 0.15) is 0 Å². The van der Waals surface area contributed by atoms with Crippen molar-refractivity contribution < 1.29 is 14.2 Å². The van der Waals surface area contributed by atoms with Gasteiger partial charge in [0.2, 0.25) is 0 Å². The maximum absolute atomic E-state index is 6.03. The number of nitrogens with two attached hydrogens (primary N) is 1. The zero-order valence-electron chi connectivity index (χ0n) is 12.1. The van der Waals surface area contributed by atoms with Crippen molar-refractivity contribution >= 4 is 0 Å². The Labute approximate surface area is 115 Å². The Balaban J connectivity index is 2.89. The van der Waals surface area contributed by atoms with Crippen LogP contribution in [0, 0.1) is 0 Å². The lowest BCUT2D eigenvalue weighted by Crippen LogP contribution is -2.22. The quantitative estimate of drug-likeness (QED) is 0.552. The molecule has 0 fully saturated rings. The Bertz CT molecular complexity index is 368. The van der Waals surface area contributed by atoms with Crippen molar-refractivity contribution in [3.8, 4) is 11.5 Å². The molecule has 4 nitrogen and oxygen atoms in total. The van der Waals surface area contributed by atoms with Crippen LogP contribution in [0.5, 0.6) is 11.5 Å². The average Bonchev–Trinajstić information content (AvgIpc) is 2.42. The summed E-state index contributed by atoms with van der Waals surface area (Å²) in [7, 11) is 0. The largest absolute Gasteiger partial charge is 0.490 e. The average molecular weight is 267 g/mol. The molecule has 4 heteroatoms. The van der Waals surface area contributed by atoms with Crippen molar-refractivity contribution in [2.75, 3.05) is 20.0 Å². The number of ether oxygens (including phenoxy) is 3. The zero-order chi connectivity index (χ0) is 14.1. The standard InChI is InChI=1S/C15H25NO3/c1-4-13(16)10-12-8-7-9-14(18-6-3)15(12)19-11-17-5-2/h7-9,13H,4-6,10-11,16H2,1-3H3. The van der Waals surface area contributed by atoms with Gasteiger partial charge in [0.15, 0.2) is 18.3 Å². The zero-order valence-corrected chi connectivity index (χ0v) is 12.1. The molecule has 0 heterocycles. The summed E-state index contributed by atoms with van der Waals surface area (Å²) < 4.78 is 16.6. The predicted octanol–water partition coefficient (Wildman–Crippen LogP) is 2.74. The van der Waals surface area contributed by atoms with Crippen molar-refractivity contribution in [1.82, 2.24) is 0 Å². The first-order valence-electron chi connectivity index (χ1n) is 6.93. The first-order valence-corrected chi connectivity index (χ1v) is 6.93. The molecule has 19 heavy (non-hydrogen) atoms. The predicted molar refractivity (Wildman–Crippen MR) is 76.7 cm³/mol. The van der Waals surface area contributed by atoms with E-state index >= 15 is 0 Å². The van der Waals surface area contributed by atoms with E-state index in [4.69, 9.17) is 19.9 Å². The molecule has 0 spiro atoms. The molecule has 0 aliphatic carbocycles. The summed E-state index contributed by atoms with van der Waals surface area (Å²) in [4.78, 5) is 0. The van der Waals surface area contributed by atoms with Crippen LogP contribution in [0.1, 0.15) is 32.8 Å². The van der Waals surface area contributed by atoms with Gasteiger partial charge in [0, 0.05) is 12.6 Å². The maximum Gasteiger partial charge on any atom is 0.189 e. The number of rotatable bonds is 9. The van der Waals surface area contributed by atoms with Crippen LogP contribution >= 0.6 is 0 Å². The van der Waals surface area contributed by atoms with Crippen LogP contribution < -0.4 is 15.2 Å². The Morgan fingerprint density at radius 2 is 1.89 bits per heavy atom. The summed E-state index contributed by atoms with van der Waals surface area (Å²) in [5, 5.41) is 0. The fourth-order valence-corrected chi connectivity index (χ4v) is 1.77. The molecule has 0 aromatic heterocycles. The molecule has 0 bridgehead atoms. The van der Waals surface area contributed by atoms with Crippen molar-refractivity contribution in [2.24, 2.45) is 5.73 Å². The minimum Gasteiger partial charge on any atom is -0.490 e. The molecule has 1 aromatic carbocycles. The molecule has 1 atom stereocenters. The van der Waals surface area contributed by atoms with Crippen molar-refractivity contribution in [3.63, 3.8) is 0 Å². The summed E-state index contributed by atoms with van der Waals surface area (Å²) >= 11 is 0. The molecular formula is C15H25NO3. The number of para-hydroxylation sites is 1. The first-order chi connectivity index (χ1) is 9.22.